The number of hydrogen-bond acceptors (Lipinski definition) is 5. The van der Waals surface area contributed by atoms with Crippen molar-refractivity contribution >= 4 is 29.4 Å². The molecule has 1 aliphatic rings. The van der Waals surface area contributed by atoms with Crippen molar-refractivity contribution in [3.8, 4) is 0 Å². The number of fused-ring (bicyclic) bond motifs is 1. The standard InChI is InChI=1S/C24H16F2N2O5/c25-16-9-10-19(26)20(11-16)27-21(29)13-33-24(32)15-7-5-14(6-8-15)12-28-22(30)17-3-1-2-4-18(17)23(28)31/h1-11H,12-13H2,(H,27,29). The Morgan fingerprint density at radius 1 is 0.879 bits per heavy atom. The van der Waals surface area contributed by atoms with E-state index in [-0.39, 0.29) is 29.6 Å². The summed E-state index contributed by atoms with van der Waals surface area (Å²) in [4.78, 5) is 50.1. The summed E-state index contributed by atoms with van der Waals surface area (Å²) < 4.78 is 31.6. The van der Waals surface area contributed by atoms with Crippen LogP contribution >= 0.6 is 0 Å². The topological polar surface area (TPSA) is 92.8 Å². The molecule has 0 radical (unpaired) electrons. The van der Waals surface area contributed by atoms with Crippen molar-refractivity contribution in [1.82, 2.24) is 4.90 Å². The highest BCUT2D eigenvalue weighted by Gasteiger charge is 2.34. The minimum Gasteiger partial charge on any atom is -0.452 e. The maximum absolute atomic E-state index is 13.6. The fourth-order valence-corrected chi connectivity index (χ4v) is 3.31. The van der Waals surface area contributed by atoms with Gasteiger partial charge in [0.1, 0.15) is 11.6 Å². The third kappa shape index (κ3) is 4.62. The third-order valence-corrected chi connectivity index (χ3v) is 4.95. The lowest BCUT2D eigenvalue weighted by Crippen LogP contribution is -2.29. The van der Waals surface area contributed by atoms with Gasteiger partial charge in [0.05, 0.1) is 28.9 Å². The van der Waals surface area contributed by atoms with Crippen LogP contribution in [-0.4, -0.2) is 35.2 Å². The van der Waals surface area contributed by atoms with Crippen molar-refractivity contribution in [3.63, 3.8) is 0 Å². The Hall–Kier alpha value is -4.40. The maximum atomic E-state index is 13.6. The molecule has 1 heterocycles. The molecule has 4 rings (SSSR count). The molecule has 0 unspecified atom stereocenters. The van der Waals surface area contributed by atoms with Crippen LogP contribution in [0.2, 0.25) is 0 Å². The van der Waals surface area contributed by atoms with Crippen molar-refractivity contribution in [2.45, 2.75) is 6.54 Å². The monoisotopic (exact) mass is 450 g/mol. The summed E-state index contributed by atoms with van der Waals surface area (Å²) in [7, 11) is 0. The molecule has 0 aliphatic carbocycles. The Balaban J connectivity index is 1.33. The predicted molar refractivity (Wildman–Crippen MR) is 112 cm³/mol. The molecule has 0 spiro atoms. The van der Waals surface area contributed by atoms with Crippen LogP contribution in [0.1, 0.15) is 36.6 Å². The molecule has 1 N–H and O–H groups in total. The highest BCUT2D eigenvalue weighted by Crippen LogP contribution is 2.24. The first-order chi connectivity index (χ1) is 15.8. The molecule has 0 aromatic heterocycles. The fraction of sp³-hybridized carbons (Fsp3) is 0.0833. The van der Waals surface area contributed by atoms with E-state index in [2.05, 4.69) is 5.32 Å². The van der Waals surface area contributed by atoms with E-state index in [1.807, 2.05) is 0 Å². The van der Waals surface area contributed by atoms with E-state index in [0.29, 0.717) is 16.7 Å². The first-order valence-corrected chi connectivity index (χ1v) is 9.79. The van der Waals surface area contributed by atoms with E-state index in [9.17, 15) is 28.0 Å². The number of halogens is 2. The number of esters is 1. The van der Waals surface area contributed by atoms with E-state index in [1.54, 1.807) is 36.4 Å². The minimum atomic E-state index is -0.838. The van der Waals surface area contributed by atoms with Gasteiger partial charge in [-0.1, -0.05) is 24.3 Å². The number of carbonyl (C=O) groups excluding carboxylic acids is 4. The van der Waals surface area contributed by atoms with Crippen molar-refractivity contribution in [2.24, 2.45) is 0 Å². The number of nitrogens with zero attached hydrogens (tertiary/aromatic N) is 1. The van der Waals surface area contributed by atoms with Crippen LogP contribution in [0.4, 0.5) is 14.5 Å². The molecule has 0 saturated heterocycles. The van der Waals surface area contributed by atoms with E-state index in [0.717, 1.165) is 23.1 Å². The molecular formula is C24H16F2N2O5. The Morgan fingerprint density at radius 3 is 2.15 bits per heavy atom. The fourth-order valence-electron chi connectivity index (χ4n) is 3.31. The summed E-state index contributed by atoms with van der Waals surface area (Å²) in [5.41, 5.74) is 1.07. The molecule has 9 heteroatoms. The SMILES string of the molecule is O=C(COC(=O)c1ccc(CN2C(=O)c3ccccc3C2=O)cc1)Nc1cc(F)ccc1F. The molecular weight excluding hydrogens is 434 g/mol. The molecule has 3 aromatic carbocycles. The highest BCUT2D eigenvalue weighted by atomic mass is 19.1. The quantitative estimate of drug-likeness (QED) is 0.458. The molecule has 1 aliphatic heterocycles. The first-order valence-electron chi connectivity index (χ1n) is 9.79. The van der Waals surface area contributed by atoms with Gasteiger partial charge in [-0.15, -0.1) is 0 Å². The lowest BCUT2D eigenvalue weighted by atomic mass is 10.1. The van der Waals surface area contributed by atoms with Crippen molar-refractivity contribution in [1.29, 1.82) is 0 Å². The molecule has 3 aromatic rings. The van der Waals surface area contributed by atoms with Gasteiger partial charge in [-0.2, -0.15) is 0 Å². The van der Waals surface area contributed by atoms with Crippen LogP contribution in [0.5, 0.6) is 0 Å². The van der Waals surface area contributed by atoms with Gasteiger partial charge in [-0.05, 0) is 42.0 Å². The van der Waals surface area contributed by atoms with Gasteiger partial charge >= 0.3 is 5.97 Å². The summed E-state index contributed by atoms with van der Waals surface area (Å²) in [6, 6.07) is 15.1. The largest absolute Gasteiger partial charge is 0.452 e. The second-order valence-corrected chi connectivity index (χ2v) is 7.19. The summed E-state index contributed by atoms with van der Waals surface area (Å²) in [6.07, 6.45) is 0. The zero-order valence-electron chi connectivity index (χ0n) is 17.0. The first kappa shape index (κ1) is 21.8. The number of anilines is 1. The zero-order valence-corrected chi connectivity index (χ0v) is 17.0. The molecule has 0 bridgehead atoms. The van der Waals surface area contributed by atoms with Crippen molar-refractivity contribution in [2.75, 3.05) is 11.9 Å². The number of imide groups is 1. The number of amides is 3. The predicted octanol–water partition coefficient (Wildman–Crippen LogP) is 3.56. The summed E-state index contributed by atoms with van der Waals surface area (Å²) in [6.45, 7) is -0.672. The number of hydrogen-bond donors (Lipinski definition) is 1. The Kier molecular flexibility index (Phi) is 5.95. The van der Waals surface area contributed by atoms with Gasteiger partial charge in [0.25, 0.3) is 17.7 Å². The number of carbonyl (C=O) groups is 4. The zero-order chi connectivity index (χ0) is 23.5. The second-order valence-electron chi connectivity index (χ2n) is 7.19. The second kappa shape index (κ2) is 8.99. The highest BCUT2D eigenvalue weighted by molar-refractivity contribution is 6.21. The molecule has 0 saturated carbocycles. The summed E-state index contributed by atoms with van der Waals surface area (Å²) >= 11 is 0. The Bertz CT molecular complexity index is 1240. The smallest absolute Gasteiger partial charge is 0.338 e. The van der Waals surface area contributed by atoms with E-state index >= 15 is 0 Å². The molecule has 0 atom stereocenters. The number of nitrogens with one attached hydrogen (secondary N) is 1. The van der Waals surface area contributed by atoms with Crippen LogP contribution in [0.15, 0.2) is 66.7 Å². The maximum Gasteiger partial charge on any atom is 0.338 e. The van der Waals surface area contributed by atoms with Crippen LogP contribution < -0.4 is 5.32 Å². The number of benzene rings is 3. The van der Waals surface area contributed by atoms with Crippen LogP contribution in [0.3, 0.4) is 0 Å². The van der Waals surface area contributed by atoms with Crippen LogP contribution in [0, 0.1) is 11.6 Å². The third-order valence-electron chi connectivity index (χ3n) is 4.95. The van der Waals surface area contributed by atoms with E-state index in [1.165, 1.54) is 12.1 Å². The van der Waals surface area contributed by atoms with E-state index < -0.39 is 30.1 Å². The lowest BCUT2D eigenvalue weighted by molar-refractivity contribution is -0.119. The Morgan fingerprint density at radius 2 is 1.52 bits per heavy atom. The van der Waals surface area contributed by atoms with Gasteiger partial charge in [-0.3, -0.25) is 19.3 Å². The summed E-state index contributed by atoms with van der Waals surface area (Å²) in [5.74, 6) is -3.98. The van der Waals surface area contributed by atoms with E-state index in [4.69, 9.17) is 4.74 Å². The van der Waals surface area contributed by atoms with Crippen LogP contribution in [-0.2, 0) is 16.1 Å². The number of rotatable bonds is 6. The minimum absolute atomic E-state index is 0.0310. The average Bonchev–Trinajstić information content (AvgIpc) is 3.05. The number of ether oxygens (including phenoxy) is 1. The van der Waals surface area contributed by atoms with Gasteiger partial charge < -0.3 is 10.1 Å². The van der Waals surface area contributed by atoms with Gasteiger partial charge in [0, 0.05) is 6.07 Å². The molecule has 0 fully saturated rings. The van der Waals surface area contributed by atoms with Gasteiger partial charge in [0.2, 0.25) is 0 Å². The molecule has 166 valence electrons. The average molecular weight is 450 g/mol. The van der Waals surface area contributed by atoms with Gasteiger partial charge in [0.15, 0.2) is 6.61 Å². The molecule has 7 nitrogen and oxygen atoms in total. The molecule has 33 heavy (non-hydrogen) atoms. The van der Waals surface area contributed by atoms with Gasteiger partial charge in [-0.25, -0.2) is 13.6 Å². The summed E-state index contributed by atoms with van der Waals surface area (Å²) in [5, 5.41) is 2.12. The Labute approximate surface area is 186 Å². The van der Waals surface area contributed by atoms with Crippen LogP contribution in [0.25, 0.3) is 0 Å². The van der Waals surface area contributed by atoms with Crippen molar-refractivity contribution in [3.05, 3.63) is 101 Å². The normalized spacial score (nSPS) is 12.5. The van der Waals surface area contributed by atoms with Crippen molar-refractivity contribution < 1.29 is 32.7 Å². The molecule has 3 amide bonds. The lowest BCUT2D eigenvalue weighted by Gasteiger charge is -2.14.